The van der Waals surface area contributed by atoms with Gasteiger partial charge in [0, 0.05) is 26.2 Å². The fourth-order valence-corrected chi connectivity index (χ4v) is 2.12. The maximum Gasteiger partial charge on any atom is 0.245 e. The summed E-state index contributed by atoms with van der Waals surface area (Å²) in [4.78, 5) is 13.2. The summed E-state index contributed by atoms with van der Waals surface area (Å²) in [6.07, 6.45) is 3.20. The fourth-order valence-electron chi connectivity index (χ4n) is 2.12. The zero-order chi connectivity index (χ0) is 15.9. The Hall–Kier alpha value is -2.38. The zero-order valence-corrected chi connectivity index (χ0v) is 13.6. The lowest BCUT2D eigenvalue weighted by molar-refractivity contribution is 0.786. The van der Waals surface area contributed by atoms with E-state index in [4.69, 9.17) is 0 Å². The molecule has 8 heteroatoms. The molecule has 2 aromatic heterocycles. The second-order valence-corrected chi connectivity index (χ2v) is 4.63. The molecular formula is C14H22N8. The molecule has 0 radical (unpaired) electrons. The van der Waals surface area contributed by atoms with Crippen LogP contribution < -0.4 is 9.80 Å². The van der Waals surface area contributed by atoms with E-state index in [1.54, 1.807) is 12.4 Å². The quantitative estimate of drug-likeness (QED) is 0.759. The summed E-state index contributed by atoms with van der Waals surface area (Å²) in [5.74, 6) is 1.20. The van der Waals surface area contributed by atoms with E-state index < -0.39 is 0 Å². The first-order valence-electron chi connectivity index (χ1n) is 7.63. The van der Waals surface area contributed by atoms with Crippen molar-refractivity contribution in [1.82, 2.24) is 30.4 Å². The molecule has 0 bridgehead atoms. The standard InChI is InChI=1S/C14H22N8/c1-5-21(6-2)13-17-11(9-15-19-13)12-10-16-20-14(18-12)22(7-3)8-4/h9-10H,5-8H2,1-4H3. The molecule has 118 valence electrons. The van der Waals surface area contributed by atoms with E-state index in [1.807, 2.05) is 9.80 Å². The number of anilines is 2. The van der Waals surface area contributed by atoms with Crippen molar-refractivity contribution in [2.45, 2.75) is 27.7 Å². The summed E-state index contributed by atoms with van der Waals surface area (Å²) in [7, 11) is 0. The topological polar surface area (TPSA) is 83.8 Å². The molecule has 0 aliphatic rings. The van der Waals surface area contributed by atoms with Crippen LogP contribution in [0.1, 0.15) is 27.7 Å². The second kappa shape index (κ2) is 7.58. The van der Waals surface area contributed by atoms with Crippen LogP contribution in [0, 0.1) is 0 Å². The van der Waals surface area contributed by atoms with E-state index in [9.17, 15) is 0 Å². The third-order valence-electron chi connectivity index (χ3n) is 3.45. The van der Waals surface area contributed by atoms with Gasteiger partial charge in [-0.3, -0.25) is 0 Å². The molecule has 0 atom stereocenters. The molecule has 0 spiro atoms. The highest BCUT2D eigenvalue weighted by molar-refractivity contribution is 5.54. The van der Waals surface area contributed by atoms with Crippen LogP contribution >= 0.6 is 0 Å². The largest absolute Gasteiger partial charge is 0.340 e. The number of hydrogen-bond donors (Lipinski definition) is 0. The highest BCUT2D eigenvalue weighted by Crippen LogP contribution is 2.17. The minimum Gasteiger partial charge on any atom is -0.340 e. The SMILES string of the molecule is CCN(CC)c1nncc(-c2cnnc(N(CC)CC)n2)n1. The molecule has 8 nitrogen and oxygen atoms in total. The van der Waals surface area contributed by atoms with Gasteiger partial charge in [0.15, 0.2) is 0 Å². The van der Waals surface area contributed by atoms with Crippen molar-refractivity contribution in [3.8, 4) is 11.4 Å². The molecule has 0 saturated carbocycles. The average molecular weight is 302 g/mol. The molecule has 2 heterocycles. The van der Waals surface area contributed by atoms with Crippen molar-refractivity contribution in [3.05, 3.63) is 12.4 Å². The van der Waals surface area contributed by atoms with Crippen molar-refractivity contribution < 1.29 is 0 Å². The molecule has 2 aromatic rings. The van der Waals surface area contributed by atoms with E-state index in [2.05, 4.69) is 58.1 Å². The normalized spacial score (nSPS) is 10.5. The molecule has 22 heavy (non-hydrogen) atoms. The predicted octanol–water partition coefficient (Wildman–Crippen LogP) is 1.42. The van der Waals surface area contributed by atoms with Crippen LogP contribution in [0.3, 0.4) is 0 Å². The maximum absolute atomic E-state index is 4.54. The van der Waals surface area contributed by atoms with Gasteiger partial charge < -0.3 is 9.80 Å². The summed E-state index contributed by atoms with van der Waals surface area (Å²) < 4.78 is 0. The molecule has 0 aromatic carbocycles. The molecule has 0 amide bonds. The number of nitrogens with zero attached hydrogens (tertiary/aromatic N) is 8. The van der Waals surface area contributed by atoms with Crippen LogP contribution in [-0.4, -0.2) is 56.5 Å². The fraction of sp³-hybridized carbons (Fsp3) is 0.571. The van der Waals surface area contributed by atoms with Crippen LogP contribution in [0.5, 0.6) is 0 Å². The third-order valence-corrected chi connectivity index (χ3v) is 3.45. The van der Waals surface area contributed by atoms with Gasteiger partial charge >= 0.3 is 0 Å². The van der Waals surface area contributed by atoms with Gasteiger partial charge in [-0.05, 0) is 27.7 Å². The van der Waals surface area contributed by atoms with Gasteiger partial charge in [0.05, 0.1) is 12.4 Å². The van der Waals surface area contributed by atoms with E-state index in [-0.39, 0.29) is 0 Å². The Kier molecular flexibility index (Phi) is 5.51. The van der Waals surface area contributed by atoms with Crippen LogP contribution in [0.25, 0.3) is 11.4 Å². The number of aromatic nitrogens is 6. The van der Waals surface area contributed by atoms with Gasteiger partial charge in [0.1, 0.15) is 11.4 Å². The van der Waals surface area contributed by atoms with Crippen LogP contribution in [0.2, 0.25) is 0 Å². The minimum atomic E-state index is 0.602. The first-order chi connectivity index (χ1) is 10.7. The van der Waals surface area contributed by atoms with Crippen molar-refractivity contribution in [2.75, 3.05) is 36.0 Å². The van der Waals surface area contributed by atoms with Crippen molar-refractivity contribution in [3.63, 3.8) is 0 Å². The molecule has 0 saturated heterocycles. The molecule has 0 aliphatic carbocycles. The number of rotatable bonds is 7. The van der Waals surface area contributed by atoms with Gasteiger partial charge in [-0.15, -0.1) is 10.2 Å². The third kappa shape index (κ3) is 3.44. The Morgan fingerprint density at radius 2 is 1.05 bits per heavy atom. The van der Waals surface area contributed by atoms with Gasteiger partial charge in [0.2, 0.25) is 11.9 Å². The first kappa shape index (κ1) is 16.0. The van der Waals surface area contributed by atoms with E-state index in [0.717, 1.165) is 26.2 Å². The lowest BCUT2D eigenvalue weighted by Gasteiger charge is -2.19. The van der Waals surface area contributed by atoms with Crippen molar-refractivity contribution in [2.24, 2.45) is 0 Å². The van der Waals surface area contributed by atoms with E-state index in [0.29, 0.717) is 23.3 Å². The monoisotopic (exact) mass is 302 g/mol. The summed E-state index contributed by atoms with van der Waals surface area (Å²) >= 11 is 0. The summed E-state index contributed by atoms with van der Waals surface area (Å²) in [6, 6.07) is 0. The molecule has 2 rings (SSSR count). The lowest BCUT2D eigenvalue weighted by Crippen LogP contribution is -2.25. The number of hydrogen-bond acceptors (Lipinski definition) is 8. The Morgan fingerprint density at radius 1 is 0.682 bits per heavy atom. The highest BCUT2D eigenvalue weighted by Gasteiger charge is 2.12. The molecular weight excluding hydrogens is 280 g/mol. The van der Waals surface area contributed by atoms with E-state index >= 15 is 0 Å². The molecule has 0 aliphatic heterocycles. The molecule has 0 unspecified atom stereocenters. The summed E-state index contributed by atoms with van der Waals surface area (Å²) in [5.41, 5.74) is 1.31. The van der Waals surface area contributed by atoms with Gasteiger partial charge in [-0.1, -0.05) is 0 Å². The Balaban J connectivity index is 2.36. The summed E-state index contributed by atoms with van der Waals surface area (Å²) in [6.45, 7) is 11.6. The zero-order valence-electron chi connectivity index (χ0n) is 13.6. The van der Waals surface area contributed by atoms with Crippen LogP contribution in [-0.2, 0) is 0 Å². The maximum atomic E-state index is 4.54. The molecule has 0 N–H and O–H groups in total. The Bertz CT molecular complexity index is 541. The second-order valence-electron chi connectivity index (χ2n) is 4.63. The van der Waals surface area contributed by atoms with E-state index in [1.165, 1.54) is 0 Å². The minimum absolute atomic E-state index is 0.602. The van der Waals surface area contributed by atoms with Gasteiger partial charge in [-0.2, -0.15) is 10.2 Å². The Morgan fingerprint density at radius 3 is 1.36 bits per heavy atom. The first-order valence-corrected chi connectivity index (χ1v) is 7.63. The van der Waals surface area contributed by atoms with Gasteiger partial charge in [-0.25, -0.2) is 9.97 Å². The van der Waals surface area contributed by atoms with Gasteiger partial charge in [0.25, 0.3) is 0 Å². The smallest absolute Gasteiger partial charge is 0.245 e. The lowest BCUT2D eigenvalue weighted by atomic mass is 10.3. The van der Waals surface area contributed by atoms with Crippen LogP contribution in [0.15, 0.2) is 12.4 Å². The van der Waals surface area contributed by atoms with Crippen molar-refractivity contribution >= 4 is 11.9 Å². The van der Waals surface area contributed by atoms with Crippen molar-refractivity contribution in [1.29, 1.82) is 0 Å². The predicted molar refractivity (Wildman–Crippen MR) is 85.8 cm³/mol. The highest BCUT2D eigenvalue weighted by atomic mass is 15.3. The molecule has 0 fully saturated rings. The Labute approximate surface area is 130 Å². The summed E-state index contributed by atoms with van der Waals surface area (Å²) in [5, 5.41) is 16.2. The average Bonchev–Trinajstić information content (AvgIpc) is 2.58. The van der Waals surface area contributed by atoms with Crippen LogP contribution in [0.4, 0.5) is 11.9 Å².